The van der Waals surface area contributed by atoms with Gasteiger partial charge in [0.1, 0.15) is 0 Å². The molecule has 0 rings (SSSR count). The smallest absolute Gasteiger partial charge is 0.344 e. The number of hydrogen-bond acceptors (Lipinski definition) is 5. The number of hydrogen-bond donors (Lipinski definition) is 0. The van der Waals surface area contributed by atoms with Crippen molar-refractivity contribution in [2.24, 2.45) is 0 Å². The van der Waals surface area contributed by atoms with Gasteiger partial charge in [-0.05, 0) is 25.7 Å². The first-order valence-electron chi connectivity index (χ1n) is 12.6. The van der Waals surface area contributed by atoms with Crippen LogP contribution in [0.25, 0.3) is 0 Å². The van der Waals surface area contributed by atoms with Gasteiger partial charge in [-0.25, -0.2) is 0 Å². The van der Waals surface area contributed by atoms with Crippen LogP contribution in [0.4, 0.5) is 0 Å². The number of carbonyl (C=O) groups excluding carboxylic acids is 1. The number of unbranched alkanes of at least 4 members (excludes halogenated alkanes) is 10. The van der Waals surface area contributed by atoms with Gasteiger partial charge in [-0.15, -0.1) is 0 Å². The summed E-state index contributed by atoms with van der Waals surface area (Å²) >= 11 is 0. The summed E-state index contributed by atoms with van der Waals surface area (Å²) in [5, 5.41) is 0. The lowest BCUT2D eigenvalue weighted by Gasteiger charge is -2.26. The predicted octanol–water partition coefficient (Wildman–Crippen LogP) is 8.06. The van der Waals surface area contributed by atoms with Crippen LogP contribution in [-0.4, -0.2) is 31.4 Å². The fourth-order valence-corrected chi connectivity index (χ4v) is 5.21. The molecule has 0 spiro atoms. The van der Waals surface area contributed by atoms with Crippen LogP contribution in [0, 0.1) is 0 Å². The van der Waals surface area contributed by atoms with Crippen molar-refractivity contribution in [3.8, 4) is 0 Å². The monoisotopic (exact) mass is 448 g/mol. The molecule has 0 radical (unpaired) electrons. The molecule has 0 unspecified atom stereocenters. The van der Waals surface area contributed by atoms with Gasteiger partial charge in [0.25, 0.3) is 0 Å². The molecule has 0 amide bonds. The maximum atomic E-state index is 13.6. The molecule has 5 nitrogen and oxygen atoms in total. The van der Waals surface area contributed by atoms with Crippen LogP contribution in [0.5, 0.6) is 0 Å². The number of esters is 1. The summed E-state index contributed by atoms with van der Waals surface area (Å²) in [5.41, 5.74) is -0.803. The van der Waals surface area contributed by atoms with E-state index in [0.717, 1.165) is 57.8 Å². The first-order valence-corrected chi connectivity index (χ1v) is 14.2. The quantitative estimate of drug-likeness (QED) is 0.0952. The van der Waals surface area contributed by atoms with Crippen LogP contribution in [0.15, 0.2) is 0 Å². The van der Waals surface area contributed by atoms with Gasteiger partial charge >= 0.3 is 13.6 Å². The maximum absolute atomic E-state index is 13.6. The van der Waals surface area contributed by atoms with Crippen LogP contribution >= 0.6 is 7.60 Å². The highest BCUT2D eigenvalue weighted by Crippen LogP contribution is 2.55. The summed E-state index contributed by atoms with van der Waals surface area (Å²) in [6.07, 6.45) is 15.2. The van der Waals surface area contributed by atoms with Gasteiger partial charge in [0.15, 0.2) is 5.66 Å². The third-order valence-corrected chi connectivity index (χ3v) is 7.58. The second-order valence-corrected chi connectivity index (χ2v) is 10.4. The molecule has 0 bridgehead atoms. The minimum Gasteiger partial charge on any atom is -0.465 e. The lowest BCUT2D eigenvalue weighted by atomic mass is 10.1. The number of ether oxygens (including phenoxy) is 1. The molecule has 0 saturated carbocycles. The lowest BCUT2D eigenvalue weighted by Crippen LogP contribution is -2.26. The Morgan fingerprint density at radius 3 is 1.57 bits per heavy atom. The molecular weight excluding hydrogens is 399 g/mol. The van der Waals surface area contributed by atoms with Crippen LogP contribution < -0.4 is 0 Å². The highest BCUT2D eigenvalue weighted by Gasteiger charge is 2.42. The number of carbonyl (C=O) groups is 1. The molecule has 0 aliphatic rings. The summed E-state index contributed by atoms with van der Waals surface area (Å²) < 4.78 is 30.6. The van der Waals surface area contributed by atoms with E-state index in [0.29, 0.717) is 26.2 Å². The first kappa shape index (κ1) is 29.6. The minimum absolute atomic E-state index is 0.357. The molecule has 0 fully saturated rings. The van der Waals surface area contributed by atoms with Crippen LogP contribution in [-0.2, 0) is 23.1 Å². The van der Waals surface area contributed by atoms with Crippen molar-refractivity contribution in [3.63, 3.8) is 0 Å². The maximum Gasteiger partial charge on any atom is 0.344 e. The Bertz CT molecular complexity index is 427. The Morgan fingerprint density at radius 2 is 1.07 bits per heavy atom. The van der Waals surface area contributed by atoms with Crippen LogP contribution in [0.1, 0.15) is 124 Å². The first-order chi connectivity index (χ1) is 14.6. The van der Waals surface area contributed by atoms with Crippen molar-refractivity contribution >= 4 is 13.6 Å². The molecule has 0 N–H and O–H groups in total. The molecular formula is C24H49O5P. The molecule has 0 aromatic heterocycles. The van der Waals surface area contributed by atoms with Crippen LogP contribution in [0.3, 0.4) is 0 Å². The third kappa shape index (κ3) is 14.6. The molecule has 6 heteroatoms. The third-order valence-electron chi connectivity index (χ3n) is 5.27. The number of rotatable bonds is 22. The molecule has 0 aliphatic heterocycles. The van der Waals surface area contributed by atoms with E-state index in [4.69, 9.17) is 13.8 Å². The molecule has 180 valence electrons. The molecule has 0 heterocycles. The van der Waals surface area contributed by atoms with Gasteiger partial charge in [-0.2, -0.15) is 0 Å². The average molecular weight is 449 g/mol. The van der Waals surface area contributed by atoms with E-state index in [1.165, 1.54) is 32.1 Å². The molecule has 30 heavy (non-hydrogen) atoms. The Morgan fingerprint density at radius 1 is 0.633 bits per heavy atom. The van der Waals surface area contributed by atoms with E-state index < -0.39 is 19.2 Å². The van der Waals surface area contributed by atoms with E-state index in [9.17, 15) is 9.36 Å². The highest BCUT2D eigenvalue weighted by atomic mass is 31.2. The van der Waals surface area contributed by atoms with Gasteiger partial charge in [0.05, 0.1) is 19.8 Å². The fourth-order valence-electron chi connectivity index (χ4n) is 3.18. The minimum atomic E-state index is -3.54. The van der Waals surface area contributed by atoms with Crippen molar-refractivity contribution in [2.45, 2.75) is 130 Å². The van der Waals surface area contributed by atoms with Crippen molar-refractivity contribution < 1.29 is 23.1 Å². The van der Waals surface area contributed by atoms with Gasteiger partial charge in [0, 0.05) is 0 Å². The van der Waals surface area contributed by atoms with Crippen molar-refractivity contribution in [1.82, 2.24) is 0 Å². The van der Waals surface area contributed by atoms with E-state index in [-0.39, 0.29) is 0 Å². The van der Waals surface area contributed by atoms with Crippen molar-refractivity contribution in [2.75, 3.05) is 19.8 Å². The van der Waals surface area contributed by atoms with E-state index in [2.05, 4.69) is 27.7 Å². The molecule has 0 aliphatic carbocycles. The SMILES string of the molecule is CCCCCCCCCC[C@@H](C(=O)OCCCC)P(=O)(OCCCC)OCCCC. The van der Waals surface area contributed by atoms with Crippen molar-refractivity contribution in [3.05, 3.63) is 0 Å². The van der Waals surface area contributed by atoms with Crippen LogP contribution in [0.2, 0.25) is 0 Å². The zero-order valence-corrected chi connectivity index (χ0v) is 21.2. The van der Waals surface area contributed by atoms with Gasteiger partial charge in [-0.3, -0.25) is 9.36 Å². The van der Waals surface area contributed by atoms with Gasteiger partial charge < -0.3 is 13.8 Å². The molecule has 1 atom stereocenters. The van der Waals surface area contributed by atoms with E-state index in [1.54, 1.807) is 0 Å². The van der Waals surface area contributed by atoms with Gasteiger partial charge in [-0.1, -0.05) is 98.3 Å². The summed E-state index contributed by atoms with van der Waals surface area (Å²) in [5.74, 6) is -0.414. The standard InChI is InChI=1S/C24H49O5P/c1-5-9-13-14-15-16-17-18-19-23(24(25)27-20-10-6-2)30(26,28-21-11-7-3)29-22-12-8-4/h23H,5-22H2,1-4H3/t23-/m0/s1. The second kappa shape index (κ2) is 20.5. The zero-order chi connectivity index (χ0) is 22.5. The van der Waals surface area contributed by atoms with Crippen molar-refractivity contribution in [1.29, 1.82) is 0 Å². The summed E-state index contributed by atoms with van der Waals surface area (Å²) in [6.45, 7) is 9.48. The Labute approximate surface area is 186 Å². The fraction of sp³-hybridized carbons (Fsp3) is 0.958. The molecule has 0 aromatic rings. The molecule has 0 saturated heterocycles. The molecule has 0 aromatic carbocycles. The summed E-state index contributed by atoms with van der Waals surface area (Å²) in [6, 6.07) is 0. The Kier molecular flexibility index (Phi) is 20.3. The highest BCUT2D eigenvalue weighted by molar-refractivity contribution is 7.55. The summed E-state index contributed by atoms with van der Waals surface area (Å²) in [4.78, 5) is 12.8. The van der Waals surface area contributed by atoms with E-state index in [1.807, 2.05) is 0 Å². The topological polar surface area (TPSA) is 61.8 Å². The second-order valence-electron chi connectivity index (χ2n) is 8.21. The predicted molar refractivity (Wildman–Crippen MR) is 126 cm³/mol. The average Bonchev–Trinajstić information content (AvgIpc) is 2.73. The lowest BCUT2D eigenvalue weighted by molar-refractivity contribution is -0.143. The zero-order valence-electron chi connectivity index (χ0n) is 20.3. The van der Waals surface area contributed by atoms with E-state index >= 15 is 0 Å². The van der Waals surface area contributed by atoms with Gasteiger partial charge in [0.2, 0.25) is 0 Å². The Hall–Kier alpha value is -0.380. The normalized spacial score (nSPS) is 12.8. The largest absolute Gasteiger partial charge is 0.465 e. The Balaban J connectivity index is 4.90. The summed E-state index contributed by atoms with van der Waals surface area (Å²) in [7, 11) is -3.54.